The molecule has 6 nitrogen and oxygen atoms in total. The Labute approximate surface area is 222 Å². The number of hydrogen-bond acceptors (Lipinski definition) is 5. The molecule has 0 aliphatic rings. The van der Waals surface area contributed by atoms with Crippen molar-refractivity contribution in [2.24, 2.45) is 0 Å². The van der Waals surface area contributed by atoms with Gasteiger partial charge in [0.1, 0.15) is 11.4 Å². The SMILES string of the molecule is Cc1ccc([C@@H](NC(=O)Cc2cnc3oc(C(C)(O)c4ccnc(C)c4)cc3c2)c2ccccc2)c(C)c1. The van der Waals surface area contributed by atoms with Crippen LogP contribution in [0.2, 0.25) is 0 Å². The average Bonchev–Trinajstić information content (AvgIpc) is 3.33. The fraction of sp³-hybridized carbons (Fsp3) is 0.219. The largest absolute Gasteiger partial charge is 0.439 e. The predicted octanol–water partition coefficient (Wildman–Crippen LogP) is 5.85. The molecule has 0 fully saturated rings. The first-order chi connectivity index (χ1) is 18.2. The Bertz CT molecular complexity index is 1610. The number of nitrogens with zero attached hydrogens (tertiary/aromatic N) is 2. The summed E-state index contributed by atoms with van der Waals surface area (Å²) < 4.78 is 5.91. The van der Waals surface area contributed by atoms with Crippen molar-refractivity contribution in [3.63, 3.8) is 0 Å². The van der Waals surface area contributed by atoms with Gasteiger partial charge in [0.2, 0.25) is 11.6 Å². The summed E-state index contributed by atoms with van der Waals surface area (Å²) in [7, 11) is 0. The molecule has 0 saturated heterocycles. The van der Waals surface area contributed by atoms with E-state index in [2.05, 4.69) is 47.3 Å². The molecule has 1 amide bonds. The van der Waals surface area contributed by atoms with E-state index >= 15 is 0 Å². The highest BCUT2D eigenvalue weighted by Crippen LogP contribution is 2.33. The fourth-order valence-corrected chi connectivity index (χ4v) is 4.84. The lowest BCUT2D eigenvalue weighted by atomic mass is 9.93. The minimum atomic E-state index is -1.35. The van der Waals surface area contributed by atoms with Crippen molar-refractivity contribution in [2.75, 3.05) is 0 Å². The van der Waals surface area contributed by atoms with Crippen LogP contribution in [-0.2, 0) is 16.8 Å². The fourth-order valence-electron chi connectivity index (χ4n) is 4.84. The number of carbonyl (C=O) groups excluding carboxylic acids is 1. The van der Waals surface area contributed by atoms with Crippen LogP contribution in [0.3, 0.4) is 0 Å². The second-order valence-corrected chi connectivity index (χ2v) is 10.1. The average molecular weight is 506 g/mol. The third kappa shape index (κ3) is 5.22. The van der Waals surface area contributed by atoms with Gasteiger partial charge in [0.15, 0.2) is 0 Å². The van der Waals surface area contributed by atoms with Crippen molar-refractivity contribution in [1.29, 1.82) is 0 Å². The van der Waals surface area contributed by atoms with Crippen LogP contribution in [0.5, 0.6) is 0 Å². The predicted molar refractivity (Wildman–Crippen MR) is 148 cm³/mol. The molecule has 5 rings (SSSR count). The van der Waals surface area contributed by atoms with Crippen LogP contribution in [0.25, 0.3) is 11.1 Å². The number of fused-ring (bicyclic) bond motifs is 1. The van der Waals surface area contributed by atoms with Crippen molar-refractivity contribution < 1.29 is 14.3 Å². The van der Waals surface area contributed by atoms with E-state index < -0.39 is 5.60 Å². The molecule has 0 saturated carbocycles. The molecule has 0 aliphatic heterocycles. The quantitative estimate of drug-likeness (QED) is 0.290. The Hall–Kier alpha value is -4.29. The molecule has 0 radical (unpaired) electrons. The van der Waals surface area contributed by atoms with Gasteiger partial charge < -0.3 is 14.8 Å². The maximum atomic E-state index is 13.3. The number of nitrogens with one attached hydrogen (secondary N) is 1. The minimum absolute atomic E-state index is 0.108. The molecular formula is C32H31N3O3. The molecule has 5 aromatic rings. The maximum absolute atomic E-state index is 13.3. The lowest BCUT2D eigenvalue weighted by molar-refractivity contribution is -0.120. The van der Waals surface area contributed by atoms with Gasteiger partial charge >= 0.3 is 0 Å². The first kappa shape index (κ1) is 25.4. The smallest absolute Gasteiger partial charge is 0.226 e. The number of carbonyl (C=O) groups is 1. The number of aromatic nitrogens is 2. The first-order valence-electron chi connectivity index (χ1n) is 12.7. The third-order valence-corrected chi connectivity index (χ3v) is 6.91. The van der Waals surface area contributed by atoms with Gasteiger partial charge in [-0.1, -0.05) is 54.1 Å². The highest BCUT2D eigenvalue weighted by atomic mass is 16.4. The van der Waals surface area contributed by atoms with Gasteiger partial charge in [-0.15, -0.1) is 0 Å². The van der Waals surface area contributed by atoms with E-state index in [4.69, 9.17) is 4.42 Å². The van der Waals surface area contributed by atoms with Gasteiger partial charge in [-0.2, -0.15) is 0 Å². The highest BCUT2D eigenvalue weighted by molar-refractivity contribution is 5.82. The van der Waals surface area contributed by atoms with E-state index in [0.717, 1.165) is 33.3 Å². The first-order valence-corrected chi connectivity index (χ1v) is 12.7. The van der Waals surface area contributed by atoms with E-state index in [1.54, 1.807) is 31.5 Å². The normalized spacial score (nSPS) is 13.7. The Kier molecular flexibility index (Phi) is 6.83. The molecule has 2 atom stereocenters. The number of aryl methyl sites for hydroxylation is 3. The number of pyridine rings is 2. The lowest BCUT2D eigenvalue weighted by Gasteiger charge is -2.22. The number of benzene rings is 2. The molecule has 6 heteroatoms. The molecule has 2 aromatic carbocycles. The van der Waals surface area contributed by atoms with Gasteiger partial charge in [0.05, 0.1) is 12.5 Å². The molecule has 0 aliphatic carbocycles. The summed E-state index contributed by atoms with van der Waals surface area (Å²) in [6.45, 7) is 7.69. The highest BCUT2D eigenvalue weighted by Gasteiger charge is 2.30. The van der Waals surface area contributed by atoms with Crippen molar-refractivity contribution in [3.8, 4) is 0 Å². The zero-order valence-electron chi connectivity index (χ0n) is 22.0. The second-order valence-electron chi connectivity index (χ2n) is 10.1. The van der Waals surface area contributed by atoms with Crippen LogP contribution in [0.15, 0.2) is 89.6 Å². The number of rotatable bonds is 7. The number of amides is 1. The number of aliphatic hydroxyl groups is 1. The standard InChI is InChI=1S/C32H31N3O3/c1-20-10-11-27(21(2)14-20)30(24-8-6-5-7-9-24)35-29(36)17-23-16-25-18-28(38-31(25)34-19-23)32(4,37)26-12-13-33-22(3)15-26/h5-16,18-19,30,37H,17H2,1-4H3,(H,35,36)/t30-,32?/m0/s1. The van der Waals surface area contributed by atoms with E-state index in [1.807, 2.05) is 49.4 Å². The van der Waals surface area contributed by atoms with Crippen molar-refractivity contribution in [1.82, 2.24) is 15.3 Å². The Morgan fingerprint density at radius 2 is 1.79 bits per heavy atom. The molecular weight excluding hydrogens is 474 g/mol. The van der Waals surface area contributed by atoms with E-state index in [0.29, 0.717) is 17.0 Å². The molecule has 38 heavy (non-hydrogen) atoms. The Balaban J connectivity index is 1.39. The van der Waals surface area contributed by atoms with E-state index in [-0.39, 0.29) is 18.4 Å². The van der Waals surface area contributed by atoms with Crippen molar-refractivity contribution in [3.05, 3.63) is 130 Å². The summed E-state index contributed by atoms with van der Waals surface area (Å²) in [6.07, 6.45) is 3.48. The molecule has 1 unspecified atom stereocenters. The lowest BCUT2D eigenvalue weighted by Crippen LogP contribution is -2.31. The Morgan fingerprint density at radius 1 is 1.00 bits per heavy atom. The zero-order valence-corrected chi connectivity index (χ0v) is 22.0. The second kappa shape index (κ2) is 10.2. The number of hydrogen-bond donors (Lipinski definition) is 2. The van der Waals surface area contributed by atoms with Gasteiger partial charge in [-0.25, -0.2) is 4.98 Å². The summed E-state index contributed by atoms with van der Waals surface area (Å²) in [5.74, 6) is 0.272. The molecule has 192 valence electrons. The monoisotopic (exact) mass is 505 g/mol. The zero-order chi connectivity index (χ0) is 26.9. The summed E-state index contributed by atoms with van der Waals surface area (Å²) >= 11 is 0. The van der Waals surface area contributed by atoms with Gasteiger partial charge in [-0.05, 0) is 79.8 Å². The third-order valence-electron chi connectivity index (χ3n) is 6.91. The topological polar surface area (TPSA) is 88.2 Å². The maximum Gasteiger partial charge on any atom is 0.226 e. The van der Waals surface area contributed by atoms with Gasteiger partial charge in [0.25, 0.3) is 0 Å². The molecule has 0 spiro atoms. The van der Waals surface area contributed by atoms with Gasteiger partial charge in [0, 0.05) is 23.5 Å². The van der Waals surface area contributed by atoms with E-state index in [1.165, 1.54) is 5.56 Å². The molecule has 3 aromatic heterocycles. The van der Waals surface area contributed by atoms with Crippen LogP contribution in [0.1, 0.15) is 57.8 Å². The summed E-state index contributed by atoms with van der Waals surface area (Å²) in [4.78, 5) is 21.9. The minimum Gasteiger partial charge on any atom is -0.439 e. The van der Waals surface area contributed by atoms with Crippen molar-refractivity contribution in [2.45, 2.75) is 45.8 Å². The van der Waals surface area contributed by atoms with Crippen LogP contribution < -0.4 is 5.32 Å². The van der Waals surface area contributed by atoms with Crippen molar-refractivity contribution >= 4 is 17.0 Å². The van der Waals surface area contributed by atoms with E-state index in [9.17, 15) is 9.90 Å². The van der Waals surface area contributed by atoms with Crippen LogP contribution in [0, 0.1) is 20.8 Å². The van der Waals surface area contributed by atoms with Gasteiger partial charge in [-0.3, -0.25) is 9.78 Å². The van der Waals surface area contributed by atoms with Crippen LogP contribution in [0.4, 0.5) is 0 Å². The summed E-state index contributed by atoms with van der Waals surface area (Å²) in [5, 5.41) is 15.2. The van der Waals surface area contributed by atoms with Crippen LogP contribution in [-0.4, -0.2) is 21.0 Å². The Morgan fingerprint density at radius 3 is 2.53 bits per heavy atom. The molecule has 2 N–H and O–H groups in total. The summed E-state index contributed by atoms with van der Waals surface area (Å²) in [5.41, 5.74) is 5.71. The molecule has 0 bridgehead atoms. The molecule has 3 heterocycles. The van der Waals surface area contributed by atoms with Crippen LogP contribution >= 0.6 is 0 Å². The summed E-state index contributed by atoms with van der Waals surface area (Å²) in [6, 6.07) is 23.3. The number of furan rings is 1.